The molecule has 0 saturated heterocycles. The maximum absolute atomic E-state index is 12.5. The van der Waals surface area contributed by atoms with Gasteiger partial charge in [-0.2, -0.15) is 0 Å². The molecule has 5 nitrogen and oxygen atoms in total. The Morgan fingerprint density at radius 3 is 2.04 bits per heavy atom. The Labute approximate surface area is 149 Å². The normalized spacial score (nSPS) is 10.6. The van der Waals surface area contributed by atoms with E-state index in [9.17, 15) is 9.59 Å². The van der Waals surface area contributed by atoms with Crippen molar-refractivity contribution in [1.29, 1.82) is 0 Å². The Balaban J connectivity index is 1.78. The topological polar surface area (TPSA) is 79.3 Å². The number of nitrogens with one attached hydrogen (secondary N) is 1. The molecule has 25 heavy (non-hydrogen) atoms. The van der Waals surface area contributed by atoms with Gasteiger partial charge in [-0.15, -0.1) is 11.3 Å². The number of rotatable bonds is 6. The molecule has 0 radical (unpaired) electrons. The molecule has 0 fully saturated rings. The van der Waals surface area contributed by atoms with Gasteiger partial charge in [0, 0.05) is 17.7 Å². The Morgan fingerprint density at radius 1 is 1.00 bits per heavy atom. The number of hydrogen-bond donors (Lipinski definition) is 2. The van der Waals surface area contributed by atoms with Crippen LogP contribution in [-0.4, -0.2) is 22.0 Å². The molecular weight excluding hydrogens is 336 g/mol. The summed E-state index contributed by atoms with van der Waals surface area (Å²) in [4.78, 5) is 27.2. The summed E-state index contributed by atoms with van der Waals surface area (Å²) in [5, 5.41) is 13.3. The molecule has 0 aliphatic heterocycles. The first-order chi connectivity index (χ1) is 12.1. The van der Waals surface area contributed by atoms with Gasteiger partial charge in [0.05, 0.1) is 0 Å². The lowest BCUT2D eigenvalue weighted by molar-refractivity contribution is -0.116. The molecule has 2 aromatic carbocycles. The van der Waals surface area contributed by atoms with Crippen LogP contribution in [0.4, 0.5) is 5.13 Å². The Morgan fingerprint density at radius 2 is 1.56 bits per heavy atom. The minimum Gasteiger partial charge on any atom is -0.476 e. The van der Waals surface area contributed by atoms with Crippen molar-refractivity contribution >= 4 is 28.3 Å². The summed E-state index contributed by atoms with van der Waals surface area (Å²) in [6.45, 7) is 0. The number of carboxylic acids is 1. The number of amides is 1. The van der Waals surface area contributed by atoms with Crippen LogP contribution in [0, 0.1) is 0 Å². The lowest BCUT2D eigenvalue weighted by atomic mass is 9.88. The van der Waals surface area contributed by atoms with E-state index >= 15 is 0 Å². The number of carboxylic acid groups (broad SMARTS) is 1. The summed E-state index contributed by atoms with van der Waals surface area (Å²) in [7, 11) is 0. The second kappa shape index (κ2) is 7.72. The standard InChI is InChI=1S/C19H16N2O3S/c22-17(21-19-20-16(12-25-19)18(23)24)11-15(13-7-3-1-4-8-13)14-9-5-2-6-10-14/h1-10,12,15H,11H2,(H,23,24)(H,20,21,22). The van der Waals surface area contributed by atoms with Crippen LogP contribution >= 0.6 is 11.3 Å². The van der Waals surface area contributed by atoms with E-state index in [4.69, 9.17) is 5.11 Å². The quantitative estimate of drug-likeness (QED) is 0.703. The highest BCUT2D eigenvalue weighted by atomic mass is 32.1. The molecule has 0 aliphatic carbocycles. The second-order valence-electron chi connectivity index (χ2n) is 5.47. The zero-order chi connectivity index (χ0) is 17.6. The number of carbonyl (C=O) groups is 2. The third-order valence-electron chi connectivity index (χ3n) is 3.76. The van der Waals surface area contributed by atoms with Crippen LogP contribution in [0.2, 0.25) is 0 Å². The average Bonchev–Trinajstić information content (AvgIpc) is 3.10. The number of aromatic nitrogens is 1. The first-order valence-electron chi connectivity index (χ1n) is 7.72. The SMILES string of the molecule is O=C(CC(c1ccccc1)c1ccccc1)Nc1nc(C(=O)O)cs1. The third kappa shape index (κ3) is 4.30. The summed E-state index contributed by atoms with van der Waals surface area (Å²) in [6.07, 6.45) is 0.246. The van der Waals surface area contributed by atoms with Crippen LogP contribution in [0.3, 0.4) is 0 Å². The van der Waals surface area contributed by atoms with Gasteiger partial charge in [-0.05, 0) is 11.1 Å². The van der Waals surface area contributed by atoms with Crippen LogP contribution in [0.5, 0.6) is 0 Å². The average molecular weight is 352 g/mol. The summed E-state index contributed by atoms with van der Waals surface area (Å²) in [5.74, 6) is -1.39. The fourth-order valence-corrected chi connectivity index (χ4v) is 3.28. The predicted molar refractivity (Wildman–Crippen MR) is 97.0 cm³/mol. The lowest BCUT2D eigenvalue weighted by Crippen LogP contribution is -2.16. The molecule has 0 atom stereocenters. The van der Waals surface area contributed by atoms with Gasteiger partial charge in [-0.1, -0.05) is 60.7 Å². The molecule has 0 aliphatic rings. The van der Waals surface area contributed by atoms with Crippen molar-refractivity contribution in [2.24, 2.45) is 0 Å². The van der Waals surface area contributed by atoms with Gasteiger partial charge in [0.25, 0.3) is 0 Å². The minimum atomic E-state index is -1.11. The van der Waals surface area contributed by atoms with Gasteiger partial charge >= 0.3 is 5.97 Å². The second-order valence-corrected chi connectivity index (χ2v) is 6.33. The smallest absolute Gasteiger partial charge is 0.355 e. The van der Waals surface area contributed by atoms with Gasteiger partial charge in [-0.25, -0.2) is 9.78 Å². The molecule has 2 N–H and O–H groups in total. The maximum atomic E-state index is 12.5. The molecule has 1 amide bonds. The van der Waals surface area contributed by atoms with Gasteiger partial charge in [0.2, 0.25) is 5.91 Å². The van der Waals surface area contributed by atoms with Gasteiger partial charge < -0.3 is 10.4 Å². The molecule has 0 spiro atoms. The van der Waals surface area contributed by atoms with Crippen molar-refractivity contribution in [3.8, 4) is 0 Å². The fraction of sp³-hybridized carbons (Fsp3) is 0.105. The van der Waals surface area contributed by atoms with Gasteiger partial charge in [0.1, 0.15) is 0 Å². The van der Waals surface area contributed by atoms with Crippen molar-refractivity contribution in [3.63, 3.8) is 0 Å². The van der Waals surface area contributed by atoms with E-state index in [1.54, 1.807) is 0 Å². The van der Waals surface area contributed by atoms with E-state index in [1.165, 1.54) is 5.38 Å². The molecule has 6 heteroatoms. The number of benzene rings is 2. The number of anilines is 1. The molecule has 0 unspecified atom stereocenters. The summed E-state index contributed by atoms with van der Waals surface area (Å²) >= 11 is 1.10. The number of thiazole rings is 1. The largest absolute Gasteiger partial charge is 0.476 e. The van der Waals surface area contributed by atoms with Gasteiger partial charge in [-0.3, -0.25) is 4.79 Å². The van der Waals surface area contributed by atoms with Crippen LogP contribution in [0.15, 0.2) is 66.0 Å². The predicted octanol–water partition coefficient (Wildman–Crippen LogP) is 4.00. The van der Waals surface area contributed by atoms with E-state index in [0.29, 0.717) is 5.13 Å². The van der Waals surface area contributed by atoms with Crippen LogP contribution in [0.25, 0.3) is 0 Å². The molecule has 1 aromatic heterocycles. The maximum Gasteiger partial charge on any atom is 0.355 e. The molecule has 0 bridgehead atoms. The highest BCUT2D eigenvalue weighted by Gasteiger charge is 2.19. The van der Waals surface area contributed by atoms with Crippen molar-refractivity contribution in [3.05, 3.63) is 82.9 Å². The van der Waals surface area contributed by atoms with Gasteiger partial charge in [0.15, 0.2) is 10.8 Å². The molecule has 1 heterocycles. The lowest BCUT2D eigenvalue weighted by Gasteiger charge is -2.17. The first kappa shape index (κ1) is 16.9. The number of nitrogens with zero attached hydrogens (tertiary/aromatic N) is 1. The highest BCUT2D eigenvalue weighted by Crippen LogP contribution is 2.28. The molecule has 3 aromatic rings. The Bertz CT molecular complexity index is 823. The Kier molecular flexibility index (Phi) is 5.20. The minimum absolute atomic E-state index is 0.0667. The molecular formula is C19H16N2O3S. The van der Waals surface area contributed by atoms with E-state index in [2.05, 4.69) is 10.3 Å². The Hall–Kier alpha value is -2.99. The fourth-order valence-electron chi connectivity index (χ4n) is 2.58. The number of aromatic carboxylic acids is 1. The monoisotopic (exact) mass is 352 g/mol. The van der Waals surface area contributed by atoms with Crippen LogP contribution in [0.1, 0.15) is 34.0 Å². The summed E-state index contributed by atoms with van der Waals surface area (Å²) in [6, 6.07) is 19.7. The molecule has 3 rings (SSSR count). The summed E-state index contributed by atoms with van der Waals surface area (Å²) < 4.78 is 0. The van der Waals surface area contributed by atoms with Crippen LogP contribution < -0.4 is 5.32 Å². The van der Waals surface area contributed by atoms with Crippen molar-refractivity contribution in [2.75, 3.05) is 5.32 Å². The molecule has 126 valence electrons. The van der Waals surface area contributed by atoms with Crippen LogP contribution in [-0.2, 0) is 4.79 Å². The summed E-state index contributed by atoms with van der Waals surface area (Å²) in [5.41, 5.74) is 2.03. The number of carbonyl (C=O) groups excluding carboxylic acids is 1. The van der Waals surface area contributed by atoms with Crippen molar-refractivity contribution in [2.45, 2.75) is 12.3 Å². The van der Waals surface area contributed by atoms with Crippen molar-refractivity contribution in [1.82, 2.24) is 4.98 Å². The van der Waals surface area contributed by atoms with E-state index in [1.807, 2.05) is 60.7 Å². The third-order valence-corrected chi connectivity index (χ3v) is 4.52. The van der Waals surface area contributed by atoms with Crippen molar-refractivity contribution < 1.29 is 14.7 Å². The zero-order valence-electron chi connectivity index (χ0n) is 13.3. The van der Waals surface area contributed by atoms with E-state index < -0.39 is 5.97 Å². The first-order valence-corrected chi connectivity index (χ1v) is 8.60. The van der Waals surface area contributed by atoms with E-state index in [0.717, 1.165) is 22.5 Å². The highest BCUT2D eigenvalue weighted by molar-refractivity contribution is 7.14. The number of hydrogen-bond acceptors (Lipinski definition) is 4. The van der Waals surface area contributed by atoms with E-state index in [-0.39, 0.29) is 23.9 Å². The molecule has 0 saturated carbocycles. The zero-order valence-corrected chi connectivity index (χ0v) is 14.1.